The average Bonchev–Trinajstić information content (AvgIpc) is 2.25. The average molecular weight is 222 g/mol. The maximum Gasteiger partial charge on any atom is 0.326 e. The molecular weight excluding hydrogens is 208 g/mol. The molecule has 0 aliphatic heterocycles. The van der Waals surface area contributed by atoms with E-state index in [9.17, 15) is 9.59 Å². The second-order valence-electron chi connectivity index (χ2n) is 3.78. The molecule has 0 radical (unpaired) electrons. The Kier molecular flexibility index (Phi) is 3.99. The second-order valence-corrected chi connectivity index (χ2v) is 3.78. The topological polar surface area (TPSA) is 79.3 Å². The van der Waals surface area contributed by atoms with Crippen LogP contribution in [0.25, 0.3) is 0 Å². The number of carbonyl (C=O) groups is 2. The van der Waals surface area contributed by atoms with Crippen molar-refractivity contribution in [2.75, 3.05) is 0 Å². The molecule has 0 unspecified atom stereocenters. The van der Waals surface area contributed by atoms with Crippen LogP contribution in [0.1, 0.15) is 24.2 Å². The molecule has 2 N–H and O–H groups in total. The van der Waals surface area contributed by atoms with E-state index >= 15 is 0 Å². The van der Waals surface area contributed by atoms with Crippen molar-refractivity contribution in [2.24, 2.45) is 5.92 Å². The largest absolute Gasteiger partial charge is 0.480 e. The number of nitrogens with one attached hydrogen (secondary N) is 1. The van der Waals surface area contributed by atoms with Crippen LogP contribution in [0.2, 0.25) is 0 Å². The van der Waals surface area contributed by atoms with Gasteiger partial charge in [-0.1, -0.05) is 13.8 Å². The molecule has 1 rings (SSSR count). The lowest BCUT2D eigenvalue weighted by Gasteiger charge is -2.17. The third-order valence-corrected chi connectivity index (χ3v) is 2.14. The fraction of sp³-hybridized carbons (Fsp3) is 0.364. The van der Waals surface area contributed by atoms with E-state index in [0.717, 1.165) is 0 Å². The van der Waals surface area contributed by atoms with Crippen molar-refractivity contribution in [3.63, 3.8) is 0 Å². The third kappa shape index (κ3) is 3.05. The Morgan fingerprint density at radius 2 is 2.12 bits per heavy atom. The van der Waals surface area contributed by atoms with E-state index in [1.54, 1.807) is 32.2 Å². The SMILES string of the molecule is CC(C)[C@@H](NC(=O)c1cccnc1)C(=O)O. The fourth-order valence-electron chi connectivity index (χ4n) is 1.24. The highest BCUT2D eigenvalue weighted by atomic mass is 16.4. The number of amides is 1. The minimum absolute atomic E-state index is 0.168. The Hall–Kier alpha value is -1.91. The quantitative estimate of drug-likeness (QED) is 0.794. The maximum absolute atomic E-state index is 11.6. The van der Waals surface area contributed by atoms with Gasteiger partial charge in [0.05, 0.1) is 5.56 Å². The number of pyridine rings is 1. The van der Waals surface area contributed by atoms with Gasteiger partial charge in [0, 0.05) is 12.4 Å². The predicted octanol–water partition coefficient (Wildman–Crippen LogP) is 0.921. The Morgan fingerprint density at radius 1 is 1.44 bits per heavy atom. The lowest BCUT2D eigenvalue weighted by Crippen LogP contribution is -2.44. The summed E-state index contributed by atoms with van der Waals surface area (Å²) >= 11 is 0. The Morgan fingerprint density at radius 3 is 2.56 bits per heavy atom. The molecule has 0 saturated heterocycles. The number of carboxylic acid groups (broad SMARTS) is 1. The van der Waals surface area contributed by atoms with E-state index in [2.05, 4.69) is 10.3 Å². The highest BCUT2D eigenvalue weighted by molar-refractivity contribution is 5.96. The first-order valence-electron chi connectivity index (χ1n) is 4.96. The summed E-state index contributed by atoms with van der Waals surface area (Å²) in [7, 11) is 0. The molecule has 0 saturated carbocycles. The van der Waals surface area contributed by atoms with Gasteiger partial charge in [-0.25, -0.2) is 4.79 Å². The molecule has 5 heteroatoms. The zero-order valence-corrected chi connectivity index (χ0v) is 9.18. The normalized spacial score (nSPS) is 12.2. The van der Waals surface area contributed by atoms with Crippen LogP contribution in [0, 0.1) is 5.92 Å². The van der Waals surface area contributed by atoms with Crippen LogP contribution in [0.5, 0.6) is 0 Å². The van der Waals surface area contributed by atoms with Crippen LogP contribution >= 0.6 is 0 Å². The van der Waals surface area contributed by atoms with Crippen molar-refractivity contribution in [3.05, 3.63) is 30.1 Å². The summed E-state index contributed by atoms with van der Waals surface area (Å²) in [5, 5.41) is 11.4. The minimum atomic E-state index is -1.03. The highest BCUT2D eigenvalue weighted by Gasteiger charge is 2.23. The number of hydrogen-bond donors (Lipinski definition) is 2. The smallest absolute Gasteiger partial charge is 0.326 e. The molecule has 0 aromatic carbocycles. The minimum Gasteiger partial charge on any atom is -0.480 e. The van der Waals surface area contributed by atoms with Gasteiger partial charge in [-0.05, 0) is 18.1 Å². The standard InChI is InChI=1S/C11H14N2O3/c1-7(2)9(11(15)16)13-10(14)8-4-3-5-12-6-8/h3-7,9H,1-2H3,(H,13,14)(H,15,16)/t9-/m1/s1. The summed E-state index contributed by atoms with van der Waals surface area (Å²) in [5.74, 6) is -1.63. The molecule has 1 heterocycles. The summed E-state index contributed by atoms with van der Waals surface area (Å²) in [4.78, 5) is 26.3. The van der Waals surface area contributed by atoms with E-state index < -0.39 is 17.9 Å². The first-order valence-corrected chi connectivity index (χ1v) is 4.96. The molecule has 0 bridgehead atoms. The maximum atomic E-state index is 11.6. The third-order valence-electron chi connectivity index (χ3n) is 2.14. The van der Waals surface area contributed by atoms with E-state index in [1.165, 1.54) is 6.20 Å². The predicted molar refractivity (Wildman–Crippen MR) is 58.0 cm³/mol. The number of nitrogens with zero attached hydrogens (tertiary/aromatic N) is 1. The summed E-state index contributed by atoms with van der Waals surface area (Å²) in [6, 6.07) is 2.33. The summed E-state index contributed by atoms with van der Waals surface area (Å²) < 4.78 is 0. The molecule has 1 aromatic heterocycles. The zero-order chi connectivity index (χ0) is 12.1. The van der Waals surface area contributed by atoms with E-state index in [4.69, 9.17) is 5.11 Å². The van der Waals surface area contributed by atoms with E-state index in [-0.39, 0.29) is 5.92 Å². The molecule has 1 amide bonds. The lowest BCUT2D eigenvalue weighted by molar-refractivity contribution is -0.140. The molecule has 16 heavy (non-hydrogen) atoms. The lowest BCUT2D eigenvalue weighted by atomic mass is 10.0. The van der Waals surface area contributed by atoms with Crippen molar-refractivity contribution in [2.45, 2.75) is 19.9 Å². The summed E-state index contributed by atoms with van der Waals surface area (Å²) in [6.07, 6.45) is 2.95. The van der Waals surface area contributed by atoms with Gasteiger partial charge in [-0.15, -0.1) is 0 Å². The van der Waals surface area contributed by atoms with E-state index in [1.807, 2.05) is 0 Å². The van der Waals surface area contributed by atoms with Crippen LogP contribution < -0.4 is 5.32 Å². The van der Waals surface area contributed by atoms with Gasteiger partial charge >= 0.3 is 5.97 Å². The van der Waals surface area contributed by atoms with Crippen LogP contribution in [0.15, 0.2) is 24.5 Å². The van der Waals surface area contributed by atoms with Crippen molar-refractivity contribution in [1.82, 2.24) is 10.3 Å². The van der Waals surface area contributed by atoms with Gasteiger partial charge in [0.2, 0.25) is 0 Å². The number of carboxylic acids is 1. The summed E-state index contributed by atoms with van der Waals surface area (Å²) in [6.45, 7) is 3.48. The molecule has 0 fully saturated rings. The molecule has 1 atom stereocenters. The molecule has 5 nitrogen and oxygen atoms in total. The Balaban J connectivity index is 2.74. The van der Waals surface area contributed by atoms with Gasteiger partial charge in [-0.2, -0.15) is 0 Å². The number of carbonyl (C=O) groups excluding carboxylic acids is 1. The van der Waals surface area contributed by atoms with Crippen molar-refractivity contribution in [3.8, 4) is 0 Å². The van der Waals surface area contributed by atoms with Crippen LogP contribution in [0.3, 0.4) is 0 Å². The molecular formula is C11H14N2O3. The fourth-order valence-corrected chi connectivity index (χ4v) is 1.24. The monoisotopic (exact) mass is 222 g/mol. The van der Waals surface area contributed by atoms with Crippen LogP contribution in [-0.4, -0.2) is 28.0 Å². The Labute approximate surface area is 93.5 Å². The second kappa shape index (κ2) is 5.25. The molecule has 0 aliphatic carbocycles. The van der Waals surface area contributed by atoms with E-state index in [0.29, 0.717) is 5.56 Å². The molecule has 0 spiro atoms. The Bertz CT molecular complexity index is 376. The van der Waals surface area contributed by atoms with Crippen LogP contribution in [-0.2, 0) is 4.79 Å². The molecule has 86 valence electrons. The van der Waals surface area contributed by atoms with Gasteiger partial charge in [0.15, 0.2) is 0 Å². The summed E-state index contributed by atoms with van der Waals surface area (Å²) in [5.41, 5.74) is 0.356. The van der Waals surface area contributed by atoms with Gasteiger partial charge in [-0.3, -0.25) is 9.78 Å². The van der Waals surface area contributed by atoms with Crippen molar-refractivity contribution >= 4 is 11.9 Å². The number of hydrogen-bond acceptors (Lipinski definition) is 3. The highest BCUT2D eigenvalue weighted by Crippen LogP contribution is 2.04. The first kappa shape index (κ1) is 12.2. The molecule has 1 aromatic rings. The van der Waals surface area contributed by atoms with Crippen LogP contribution in [0.4, 0.5) is 0 Å². The van der Waals surface area contributed by atoms with Gasteiger partial charge in [0.1, 0.15) is 6.04 Å². The number of aromatic nitrogens is 1. The van der Waals surface area contributed by atoms with Gasteiger partial charge in [0.25, 0.3) is 5.91 Å². The van der Waals surface area contributed by atoms with Crippen molar-refractivity contribution in [1.29, 1.82) is 0 Å². The van der Waals surface area contributed by atoms with Crippen molar-refractivity contribution < 1.29 is 14.7 Å². The zero-order valence-electron chi connectivity index (χ0n) is 9.18. The number of aliphatic carboxylic acids is 1. The number of rotatable bonds is 4. The molecule has 0 aliphatic rings. The van der Waals surface area contributed by atoms with Gasteiger partial charge < -0.3 is 10.4 Å². The first-order chi connectivity index (χ1) is 7.52.